The number of nitrogens with zero attached hydrogens (tertiary/aromatic N) is 3. The number of carbonyl (C=O) groups is 1. The number of hydrogen-bond acceptors (Lipinski definition) is 7. The zero-order chi connectivity index (χ0) is 23.2. The van der Waals surface area contributed by atoms with Crippen LogP contribution in [0.4, 0.5) is 26.4 Å². The van der Waals surface area contributed by atoms with Gasteiger partial charge in [0.2, 0.25) is 0 Å². The predicted octanol–water partition coefficient (Wildman–Crippen LogP) is 4.91. The number of piperidine rings is 1. The fraction of sp³-hybridized carbons (Fsp3) is 0.318. The van der Waals surface area contributed by atoms with Crippen LogP contribution in [0.5, 0.6) is 5.75 Å². The molecule has 11 heteroatoms. The van der Waals surface area contributed by atoms with E-state index in [2.05, 4.69) is 20.6 Å². The monoisotopic (exact) mass is 491 g/mol. The molecule has 0 bridgehead atoms. The molecular formula is C22H20Cl2FN5O3. The van der Waals surface area contributed by atoms with Gasteiger partial charge in [0.05, 0.1) is 40.6 Å². The third kappa shape index (κ3) is 3.90. The Bertz CT molecular complexity index is 1250. The normalized spacial score (nSPS) is 17.5. The Morgan fingerprint density at radius 1 is 1.24 bits per heavy atom. The maximum Gasteiger partial charge on any atom is 0.415 e. The Kier molecular flexibility index (Phi) is 5.64. The van der Waals surface area contributed by atoms with E-state index in [4.69, 9.17) is 32.7 Å². The van der Waals surface area contributed by atoms with Crippen molar-refractivity contribution in [1.82, 2.24) is 15.3 Å². The molecule has 1 spiro atoms. The van der Waals surface area contributed by atoms with Crippen molar-refractivity contribution in [2.75, 3.05) is 37.0 Å². The van der Waals surface area contributed by atoms with Gasteiger partial charge in [-0.15, -0.1) is 0 Å². The highest BCUT2D eigenvalue weighted by atomic mass is 35.5. The molecule has 3 heterocycles. The van der Waals surface area contributed by atoms with Gasteiger partial charge in [-0.1, -0.05) is 23.2 Å². The number of rotatable bonds is 4. The Hall–Kier alpha value is -2.88. The quantitative estimate of drug-likeness (QED) is 0.501. The number of amides is 1. The second kappa shape index (κ2) is 8.48. The first-order valence-electron chi connectivity index (χ1n) is 10.4. The summed E-state index contributed by atoms with van der Waals surface area (Å²) in [6.45, 7) is 1.98. The first kappa shape index (κ1) is 21.9. The lowest BCUT2D eigenvalue weighted by Crippen LogP contribution is -2.44. The lowest BCUT2D eigenvalue weighted by atomic mass is 9.92. The van der Waals surface area contributed by atoms with E-state index in [0.29, 0.717) is 34.7 Å². The van der Waals surface area contributed by atoms with Gasteiger partial charge >= 0.3 is 6.09 Å². The second-order valence-corrected chi connectivity index (χ2v) is 8.78. The number of anilines is 3. The molecule has 2 N–H and O–H groups in total. The van der Waals surface area contributed by atoms with E-state index in [0.717, 1.165) is 25.9 Å². The van der Waals surface area contributed by atoms with Crippen LogP contribution in [-0.2, 0) is 4.74 Å². The number of benzene rings is 2. The zero-order valence-electron chi connectivity index (χ0n) is 17.6. The van der Waals surface area contributed by atoms with Crippen molar-refractivity contribution in [3.8, 4) is 5.75 Å². The highest BCUT2D eigenvalue weighted by molar-refractivity contribution is 6.42. The van der Waals surface area contributed by atoms with E-state index in [1.54, 1.807) is 17.0 Å². The van der Waals surface area contributed by atoms with Crippen LogP contribution in [0.15, 0.2) is 30.6 Å². The Morgan fingerprint density at radius 3 is 2.79 bits per heavy atom. The molecule has 2 aromatic carbocycles. The van der Waals surface area contributed by atoms with E-state index >= 15 is 0 Å². The Balaban J connectivity index is 1.57. The van der Waals surface area contributed by atoms with Crippen LogP contribution >= 0.6 is 23.2 Å². The van der Waals surface area contributed by atoms with E-state index < -0.39 is 17.5 Å². The van der Waals surface area contributed by atoms with Crippen molar-refractivity contribution in [2.24, 2.45) is 0 Å². The minimum absolute atomic E-state index is 0.107. The van der Waals surface area contributed by atoms with Crippen molar-refractivity contribution in [1.29, 1.82) is 0 Å². The van der Waals surface area contributed by atoms with Crippen molar-refractivity contribution >= 4 is 57.4 Å². The van der Waals surface area contributed by atoms with Gasteiger partial charge in [0, 0.05) is 24.3 Å². The number of methoxy groups -OCH3 is 1. The molecular weight excluding hydrogens is 472 g/mol. The summed E-state index contributed by atoms with van der Waals surface area (Å²) in [4.78, 5) is 23.0. The molecule has 2 aliphatic rings. The standard InChI is InChI=1S/C22H20Cl2FN5O3/c1-32-17-9-15-12(8-16(17)30-10-22(33-21(30)31)4-6-26-7-5-22)20(28-11-27-15)29-14-3-2-13(23)18(24)19(14)25/h2-3,8-9,11,26H,4-7,10H2,1H3,(H,27,28,29). The Labute approximate surface area is 199 Å². The number of nitrogens with one attached hydrogen (secondary N) is 2. The largest absolute Gasteiger partial charge is 0.494 e. The number of halogens is 3. The Morgan fingerprint density at radius 2 is 2.03 bits per heavy atom. The minimum Gasteiger partial charge on any atom is -0.494 e. The molecule has 0 saturated carbocycles. The maximum absolute atomic E-state index is 14.6. The van der Waals surface area contributed by atoms with Gasteiger partial charge in [-0.3, -0.25) is 4.90 Å². The van der Waals surface area contributed by atoms with Crippen molar-refractivity contribution in [3.05, 3.63) is 46.5 Å². The van der Waals surface area contributed by atoms with Gasteiger partial charge in [0.25, 0.3) is 0 Å². The SMILES string of the molecule is COc1cc2ncnc(Nc3ccc(Cl)c(Cl)c3F)c2cc1N1CC2(CCNCC2)OC1=O. The third-order valence-electron chi connectivity index (χ3n) is 6.00. The van der Waals surface area contributed by atoms with Crippen LogP contribution in [-0.4, -0.2) is 48.4 Å². The van der Waals surface area contributed by atoms with Crippen LogP contribution in [0.1, 0.15) is 12.8 Å². The number of carbonyl (C=O) groups excluding carboxylic acids is 1. The molecule has 33 heavy (non-hydrogen) atoms. The summed E-state index contributed by atoms with van der Waals surface area (Å²) < 4.78 is 26.0. The first-order chi connectivity index (χ1) is 15.9. The van der Waals surface area contributed by atoms with E-state index in [1.165, 1.54) is 25.6 Å². The zero-order valence-corrected chi connectivity index (χ0v) is 19.1. The number of aromatic nitrogens is 2. The molecule has 0 aliphatic carbocycles. The predicted molar refractivity (Wildman–Crippen MR) is 124 cm³/mol. The van der Waals surface area contributed by atoms with Crippen molar-refractivity contribution < 1.29 is 18.7 Å². The average Bonchev–Trinajstić information content (AvgIpc) is 3.14. The van der Waals surface area contributed by atoms with Gasteiger partial charge in [-0.25, -0.2) is 19.2 Å². The fourth-order valence-electron chi connectivity index (χ4n) is 4.25. The highest BCUT2D eigenvalue weighted by Gasteiger charge is 2.47. The van der Waals surface area contributed by atoms with Crippen LogP contribution in [0.2, 0.25) is 10.0 Å². The van der Waals surface area contributed by atoms with Gasteiger partial charge in [0.15, 0.2) is 5.82 Å². The molecule has 1 aromatic heterocycles. The minimum atomic E-state index is -0.694. The summed E-state index contributed by atoms with van der Waals surface area (Å²) in [5.74, 6) is 0.113. The molecule has 2 aliphatic heterocycles. The molecule has 8 nitrogen and oxygen atoms in total. The molecule has 1 amide bonds. The summed E-state index contributed by atoms with van der Waals surface area (Å²) in [6, 6.07) is 6.42. The second-order valence-electron chi connectivity index (χ2n) is 8.00. The van der Waals surface area contributed by atoms with Gasteiger partial charge in [0.1, 0.15) is 23.5 Å². The third-order valence-corrected chi connectivity index (χ3v) is 6.78. The molecule has 0 atom stereocenters. The summed E-state index contributed by atoms with van der Waals surface area (Å²) in [5, 5.41) is 6.73. The lowest BCUT2D eigenvalue weighted by molar-refractivity contribution is 0.0316. The smallest absolute Gasteiger partial charge is 0.415 e. The van der Waals surface area contributed by atoms with Gasteiger partial charge < -0.3 is 20.1 Å². The lowest BCUT2D eigenvalue weighted by Gasteiger charge is -2.31. The van der Waals surface area contributed by atoms with Crippen LogP contribution in [0.3, 0.4) is 0 Å². The summed E-state index contributed by atoms with van der Waals surface area (Å²) in [6.07, 6.45) is 2.39. The van der Waals surface area contributed by atoms with E-state index in [-0.39, 0.29) is 15.7 Å². The molecule has 172 valence electrons. The fourth-order valence-corrected chi connectivity index (χ4v) is 4.56. The molecule has 2 fully saturated rings. The van der Waals surface area contributed by atoms with Crippen molar-refractivity contribution in [3.63, 3.8) is 0 Å². The summed E-state index contributed by atoms with van der Waals surface area (Å²) in [5.41, 5.74) is 0.659. The topological polar surface area (TPSA) is 88.6 Å². The van der Waals surface area contributed by atoms with Crippen LogP contribution in [0.25, 0.3) is 10.9 Å². The van der Waals surface area contributed by atoms with Crippen LogP contribution in [0, 0.1) is 5.82 Å². The van der Waals surface area contributed by atoms with Gasteiger partial charge in [-0.05, 0) is 31.3 Å². The number of ether oxygens (including phenoxy) is 2. The molecule has 0 radical (unpaired) electrons. The van der Waals surface area contributed by atoms with Crippen molar-refractivity contribution in [2.45, 2.75) is 18.4 Å². The first-order valence-corrected chi connectivity index (χ1v) is 11.1. The van der Waals surface area contributed by atoms with Gasteiger partial charge in [-0.2, -0.15) is 0 Å². The number of hydrogen-bond donors (Lipinski definition) is 2. The summed E-state index contributed by atoms with van der Waals surface area (Å²) in [7, 11) is 1.53. The van der Waals surface area contributed by atoms with E-state index in [9.17, 15) is 9.18 Å². The molecule has 0 unspecified atom stereocenters. The summed E-state index contributed by atoms with van der Waals surface area (Å²) >= 11 is 11.8. The van der Waals surface area contributed by atoms with Crippen LogP contribution < -0.4 is 20.3 Å². The molecule has 3 aromatic rings. The maximum atomic E-state index is 14.6. The highest BCUT2D eigenvalue weighted by Crippen LogP contribution is 2.41. The molecule has 5 rings (SSSR count). The average molecular weight is 492 g/mol. The van der Waals surface area contributed by atoms with E-state index in [1.807, 2.05) is 0 Å². The number of fused-ring (bicyclic) bond motifs is 1. The molecule has 2 saturated heterocycles.